The van der Waals surface area contributed by atoms with E-state index in [1.54, 1.807) is 11.3 Å². The van der Waals surface area contributed by atoms with Crippen LogP contribution in [0.4, 0.5) is 0 Å². The highest BCUT2D eigenvalue weighted by atomic mass is 32.1. The number of Topliss-reactive ketones (excluding diaryl/α,β-unsaturated/α-hetero) is 1. The lowest BCUT2D eigenvalue weighted by atomic mass is 10.1. The van der Waals surface area contributed by atoms with Gasteiger partial charge >= 0.3 is 0 Å². The summed E-state index contributed by atoms with van der Waals surface area (Å²) in [7, 11) is 0. The zero-order chi connectivity index (χ0) is 14.5. The number of hydrogen-bond donors (Lipinski definition) is 1. The Morgan fingerprint density at radius 1 is 1.40 bits per heavy atom. The number of thiophene rings is 1. The van der Waals surface area contributed by atoms with Crippen LogP contribution in [0.15, 0.2) is 6.07 Å². The zero-order valence-corrected chi connectivity index (χ0v) is 12.8. The van der Waals surface area contributed by atoms with Crippen molar-refractivity contribution in [3.8, 4) is 0 Å². The largest absolute Gasteiger partial charge is 0.376 e. The SMILES string of the molecule is Cc1cc(C(=O)CCC(=O)NCC2CCCO2)c(C)s1. The second-order valence-corrected chi connectivity index (χ2v) is 6.65. The van der Waals surface area contributed by atoms with Crippen LogP contribution in [0.1, 0.15) is 45.8 Å². The second-order valence-electron chi connectivity index (χ2n) is 5.19. The molecule has 4 nitrogen and oxygen atoms in total. The summed E-state index contributed by atoms with van der Waals surface area (Å²) < 4.78 is 5.44. The summed E-state index contributed by atoms with van der Waals surface area (Å²) >= 11 is 1.62. The fourth-order valence-corrected chi connectivity index (χ4v) is 3.33. The lowest BCUT2D eigenvalue weighted by Gasteiger charge is -2.10. The monoisotopic (exact) mass is 295 g/mol. The van der Waals surface area contributed by atoms with Crippen molar-refractivity contribution < 1.29 is 14.3 Å². The van der Waals surface area contributed by atoms with Gasteiger partial charge in [0.15, 0.2) is 5.78 Å². The zero-order valence-electron chi connectivity index (χ0n) is 12.0. The molecule has 1 unspecified atom stereocenters. The molecule has 1 atom stereocenters. The van der Waals surface area contributed by atoms with Crippen molar-refractivity contribution in [2.45, 2.75) is 45.6 Å². The second kappa shape index (κ2) is 6.99. The van der Waals surface area contributed by atoms with Gasteiger partial charge in [-0.2, -0.15) is 0 Å². The van der Waals surface area contributed by atoms with E-state index in [9.17, 15) is 9.59 Å². The molecular weight excluding hydrogens is 274 g/mol. The van der Waals surface area contributed by atoms with E-state index in [0.717, 1.165) is 34.8 Å². The minimum atomic E-state index is -0.0709. The Morgan fingerprint density at radius 2 is 2.20 bits per heavy atom. The molecule has 5 heteroatoms. The molecule has 1 aromatic rings. The summed E-state index contributed by atoms with van der Waals surface area (Å²) in [6, 6.07) is 1.91. The summed E-state index contributed by atoms with van der Waals surface area (Å²) in [5.74, 6) is -0.0161. The van der Waals surface area contributed by atoms with Gasteiger partial charge in [0.2, 0.25) is 5.91 Å². The number of aryl methyl sites for hydroxylation is 2. The normalized spacial score (nSPS) is 18.2. The minimum Gasteiger partial charge on any atom is -0.376 e. The minimum absolute atomic E-state index is 0.0547. The van der Waals surface area contributed by atoms with Crippen LogP contribution in [-0.4, -0.2) is 30.9 Å². The summed E-state index contributed by atoms with van der Waals surface area (Å²) in [4.78, 5) is 25.9. The van der Waals surface area contributed by atoms with Crippen LogP contribution in [0, 0.1) is 13.8 Å². The van der Waals surface area contributed by atoms with E-state index in [4.69, 9.17) is 4.74 Å². The number of carbonyl (C=O) groups excluding carboxylic acids is 2. The first kappa shape index (κ1) is 15.2. The van der Waals surface area contributed by atoms with Crippen molar-refractivity contribution in [2.75, 3.05) is 13.2 Å². The van der Waals surface area contributed by atoms with Crippen LogP contribution in [-0.2, 0) is 9.53 Å². The molecule has 1 saturated heterocycles. The lowest BCUT2D eigenvalue weighted by Crippen LogP contribution is -2.31. The summed E-state index contributed by atoms with van der Waals surface area (Å²) in [5, 5.41) is 2.84. The van der Waals surface area contributed by atoms with Crippen LogP contribution >= 0.6 is 11.3 Å². The van der Waals surface area contributed by atoms with Crippen LogP contribution < -0.4 is 5.32 Å². The van der Waals surface area contributed by atoms with Gasteiger partial charge in [-0.15, -0.1) is 11.3 Å². The summed E-state index contributed by atoms with van der Waals surface area (Å²) in [6.45, 7) is 5.28. The van der Waals surface area contributed by atoms with Gasteiger partial charge in [-0.05, 0) is 32.8 Å². The molecule has 0 bridgehead atoms. The summed E-state index contributed by atoms with van der Waals surface area (Å²) in [5.41, 5.74) is 0.763. The van der Waals surface area contributed by atoms with Gasteiger partial charge in [0.05, 0.1) is 6.10 Å². The van der Waals surface area contributed by atoms with E-state index in [1.165, 1.54) is 0 Å². The molecule has 2 rings (SSSR count). The molecule has 0 saturated carbocycles. The summed E-state index contributed by atoms with van der Waals surface area (Å²) in [6.07, 6.45) is 2.74. The van der Waals surface area contributed by atoms with Crippen molar-refractivity contribution in [2.24, 2.45) is 0 Å². The Kier molecular flexibility index (Phi) is 5.31. The number of hydrogen-bond acceptors (Lipinski definition) is 4. The smallest absolute Gasteiger partial charge is 0.220 e. The fourth-order valence-electron chi connectivity index (χ4n) is 2.39. The average molecular weight is 295 g/mol. The van der Waals surface area contributed by atoms with Crippen molar-refractivity contribution in [1.82, 2.24) is 5.32 Å². The van der Waals surface area contributed by atoms with Crippen LogP contribution in [0.3, 0.4) is 0 Å². The van der Waals surface area contributed by atoms with Gasteiger partial charge in [0.25, 0.3) is 0 Å². The Morgan fingerprint density at radius 3 is 2.80 bits per heavy atom. The van der Waals surface area contributed by atoms with Crippen molar-refractivity contribution in [3.05, 3.63) is 21.4 Å². The Bertz CT molecular complexity index is 489. The van der Waals surface area contributed by atoms with E-state index in [0.29, 0.717) is 6.54 Å². The number of nitrogens with one attached hydrogen (secondary N) is 1. The van der Waals surface area contributed by atoms with E-state index in [-0.39, 0.29) is 30.6 Å². The maximum absolute atomic E-state index is 12.0. The van der Waals surface area contributed by atoms with Gasteiger partial charge in [-0.1, -0.05) is 0 Å². The number of carbonyl (C=O) groups is 2. The van der Waals surface area contributed by atoms with E-state index in [1.807, 2.05) is 19.9 Å². The third-order valence-electron chi connectivity index (χ3n) is 3.47. The van der Waals surface area contributed by atoms with Crippen molar-refractivity contribution >= 4 is 23.0 Å². The molecule has 110 valence electrons. The molecular formula is C15H21NO3S. The van der Waals surface area contributed by atoms with E-state index >= 15 is 0 Å². The molecule has 1 aliphatic rings. The van der Waals surface area contributed by atoms with Gasteiger partial charge in [-0.25, -0.2) is 0 Å². The van der Waals surface area contributed by atoms with Crippen molar-refractivity contribution in [3.63, 3.8) is 0 Å². The predicted molar refractivity (Wildman–Crippen MR) is 79.3 cm³/mol. The molecule has 0 radical (unpaired) electrons. The van der Waals surface area contributed by atoms with Gasteiger partial charge in [-0.3, -0.25) is 9.59 Å². The third kappa shape index (κ3) is 4.15. The quantitative estimate of drug-likeness (QED) is 0.821. The highest BCUT2D eigenvalue weighted by Gasteiger charge is 2.17. The Labute approximate surface area is 123 Å². The molecule has 0 spiro atoms. The van der Waals surface area contributed by atoms with Gasteiger partial charge in [0, 0.05) is 41.3 Å². The molecule has 0 aromatic carbocycles. The van der Waals surface area contributed by atoms with Gasteiger partial charge < -0.3 is 10.1 Å². The molecule has 1 N–H and O–H groups in total. The number of rotatable bonds is 6. The number of ketones is 1. The van der Waals surface area contributed by atoms with Crippen LogP contribution in [0.2, 0.25) is 0 Å². The first-order valence-electron chi connectivity index (χ1n) is 7.05. The van der Waals surface area contributed by atoms with Crippen LogP contribution in [0.25, 0.3) is 0 Å². The maximum atomic E-state index is 12.0. The topological polar surface area (TPSA) is 55.4 Å². The molecule has 2 heterocycles. The Balaban J connectivity index is 1.72. The standard InChI is InChI=1S/C15H21NO3S/c1-10-8-13(11(2)20-10)14(17)5-6-15(18)16-9-12-4-3-7-19-12/h8,12H,3-7,9H2,1-2H3,(H,16,18). The molecule has 1 aliphatic heterocycles. The highest BCUT2D eigenvalue weighted by Crippen LogP contribution is 2.22. The van der Waals surface area contributed by atoms with Crippen LogP contribution in [0.5, 0.6) is 0 Å². The number of ether oxygens (including phenoxy) is 1. The first-order chi connectivity index (χ1) is 9.56. The van der Waals surface area contributed by atoms with Gasteiger partial charge in [0.1, 0.15) is 0 Å². The molecule has 1 aromatic heterocycles. The molecule has 1 amide bonds. The average Bonchev–Trinajstić information content (AvgIpc) is 3.03. The maximum Gasteiger partial charge on any atom is 0.220 e. The predicted octanol–water partition coefficient (Wildman–Crippen LogP) is 2.62. The molecule has 20 heavy (non-hydrogen) atoms. The lowest BCUT2D eigenvalue weighted by molar-refractivity contribution is -0.121. The molecule has 0 aliphatic carbocycles. The van der Waals surface area contributed by atoms with E-state index in [2.05, 4.69) is 5.32 Å². The first-order valence-corrected chi connectivity index (χ1v) is 7.86. The van der Waals surface area contributed by atoms with E-state index < -0.39 is 0 Å². The third-order valence-corrected chi connectivity index (χ3v) is 4.44. The molecule has 1 fully saturated rings. The number of amides is 1. The van der Waals surface area contributed by atoms with Crippen molar-refractivity contribution in [1.29, 1.82) is 0 Å². The highest BCUT2D eigenvalue weighted by molar-refractivity contribution is 7.12. The fraction of sp³-hybridized carbons (Fsp3) is 0.600. The Hall–Kier alpha value is -1.20.